The van der Waals surface area contributed by atoms with Gasteiger partial charge in [-0.15, -0.1) is 0 Å². The van der Waals surface area contributed by atoms with Crippen molar-refractivity contribution in [2.45, 2.75) is 44.3 Å². The molecule has 0 spiro atoms. The van der Waals surface area contributed by atoms with E-state index in [1.807, 2.05) is 48.9 Å². The van der Waals surface area contributed by atoms with Gasteiger partial charge in [0.05, 0.1) is 11.2 Å². The maximum absolute atomic E-state index is 12.4. The van der Waals surface area contributed by atoms with Crippen LogP contribution >= 0.6 is 0 Å². The molecular weight excluding hydrogens is 400 g/mol. The molecule has 2 N–H and O–H groups in total. The predicted octanol–water partition coefficient (Wildman–Crippen LogP) is 2.94. The van der Waals surface area contributed by atoms with Gasteiger partial charge < -0.3 is 9.88 Å². The van der Waals surface area contributed by atoms with Crippen LogP contribution in [0, 0.1) is 0 Å². The Hall–Kier alpha value is -2.97. The lowest BCUT2D eigenvalue weighted by molar-refractivity contribution is 0.0951. The summed E-state index contributed by atoms with van der Waals surface area (Å²) in [5, 5.41) is 2.86. The first kappa shape index (κ1) is 21.7. The molecule has 0 radical (unpaired) electrons. The second-order valence-corrected chi connectivity index (χ2v) is 8.90. The molecule has 2 aromatic carbocycles. The van der Waals surface area contributed by atoms with E-state index in [0.717, 1.165) is 17.7 Å². The minimum atomic E-state index is -3.58. The Morgan fingerprint density at radius 2 is 1.73 bits per heavy atom. The van der Waals surface area contributed by atoms with Gasteiger partial charge in [0.25, 0.3) is 5.91 Å². The van der Waals surface area contributed by atoms with Gasteiger partial charge in [0.15, 0.2) is 0 Å². The van der Waals surface area contributed by atoms with Crippen LogP contribution < -0.4 is 10.0 Å². The van der Waals surface area contributed by atoms with Gasteiger partial charge in [-0.3, -0.25) is 4.79 Å². The zero-order valence-corrected chi connectivity index (χ0v) is 17.9. The number of carbonyl (C=O) groups excluding carboxylic acids is 1. The predicted molar refractivity (Wildman–Crippen MR) is 115 cm³/mol. The van der Waals surface area contributed by atoms with E-state index in [1.165, 1.54) is 24.3 Å². The minimum Gasteiger partial charge on any atom is -0.348 e. The van der Waals surface area contributed by atoms with Gasteiger partial charge in [-0.25, -0.2) is 18.1 Å². The summed E-state index contributed by atoms with van der Waals surface area (Å²) in [5.74, 6) is -0.253. The zero-order chi connectivity index (χ0) is 21.6. The number of sulfonamides is 1. The Kier molecular flexibility index (Phi) is 7.02. The summed E-state index contributed by atoms with van der Waals surface area (Å²) in [6.45, 7) is 4.85. The third-order valence-corrected chi connectivity index (χ3v) is 6.40. The highest BCUT2D eigenvalue weighted by Gasteiger charge is 2.17. The number of imidazole rings is 1. The van der Waals surface area contributed by atoms with Crippen molar-refractivity contribution in [3.8, 4) is 0 Å². The van der Waals surface area contributed by atoms with Crippen molar-refractivity contribution < 1.29 is 13.2 Å². The molecule has 1 aromatic heterocycles. The molecule has 0 aliphatic carbocycles. The molecule has 0 aliphatic rings. The average molecular weight is 427 g/mol. The van der Waals surface area contributed by atoms with E-state index in [1.54, 1.807) is 12.5 Å². The molecular formula is C22H26N4O3S. The number of hydrogen-bond acceptors (Lipinski definition) is 4. The SMILES string of the molecule is CCC(C)NS(=O)(=O)c1ccc(C(=O)NCc2ccc(Cn3ccnc3)cc2)cc1. The van der Waals surface area contributed by atoms with Crippen molar-refractivity contribution in [3.63, 3.8) is 0 Å². The quantitative estimate of drug-likeness (QED) is 0.550. The van der Waals surface area contributed by atoms with Crippen LogP contribution in [0.5, 0.6) is 0 Å². The van der Waals surface area contributed by atoms with Crippen LogP contribution in [-0.2, 0) is 23.1 Å². The van der Waals surface area contributed by atoms with Crippen molar-refractivity contribution >= 4 is 15.9 Å². The smallest absolute Gasteiger partial charge is 0.251 e. The van der Waals surface area contributed by atoms with E-state index in [2.05, 4.69) is 15.0 Å². The highest BCUT2D eigenvalue weighted by Crippen LogP contribution is 2.12. The number of rotatable bonds is 9. The molecule has 3 aromatic rings. The van der Waals surface area contributed by atoms with E-state index in [4.69, 9.17) is 0 Å². The van der Waals surface area contributed by atoms with Gasteiger partial charge in [-0.1, -0.05) is 31.2 Å². The number of amides is 1. The van der Waals surface area contributed by atoms with Gasteiger partial charge in [0.1, 0.15) is 0 Å². The fraction of sp³-hybridized carbons (Fsp3) is 0.273. The van der Waals surface area contributed by atoms with Gasteiger partial charge in [-0.05, 0) is 48.7 Å². The summed E-state index contributed by atoms with van der Waals surface area (Å²) >= 11 is 0. The lowest BCUT2D eigenvalue weighted by Crippen LogP contribution is -2.32. The number of benzene rings is 2. The maximum atomic E-state index is 12.4. The van der Waals surface area contributed by atoms with Crippen LogP contribution in [0.2, 0.25) is 0 Å². The standard InChI is InChI=1S/C22H26N4O3S/c1-3-17(2)25-30(28,29)21-10-8-20(9-11-21)22(27)24-14-18-4-6-19(7-5-18)15-26-13-12-23-16-26/h4-13,16-17,25H,3,14-15H2,1-2H3,(H,24,27). The van der Waals surface area contributed by atoms with E-state index >= 15 is 0 Å². The number of nitrogens with zero attached hydrogens (tertiary/aromatic N) is 2. The molecule has 0 saturated heterocycles. The summed E-state index contributed by atoms with van der Waals surface area (Å²) in [6.07, 6.45) is 6.12. The van der Waals surface area contributed by atoms with Crippen molar-refractivity contribution in [1.82, 2.24) is 19.6 Å². The Morgan fingerprint density at radius 3 is 2.33 bits per heavy atom. The van der Waals surface area contributed by atoms with Crippen molar-refractivity contribution in [2.75, 3.05) is 0 Å². The lowest BCUT2D eigenvalue weighted by Gasteiger charge is -2.12. The monoisotopic (exact) mass is 426 g/mol. The van der Waals surface area contributed by atoms with Crippen LogP contribution in [0.4, 0.5) is 0 Å². The van der Waals surface area contributed by atoms with E-state index in [9.17, 15) is 13.2 Å². The fourth-order valence-corrected chi connectivity index (χ4v) is 4.17. The van der Waals surface area contributed by atoms with Gasteiger partial charge in [-0.2, -0.15) is 0 Å². The Labute approximate surface area is 177 Å². The van der Waals surface area contributed by atoms with Crippen LogP contribution in [0.3, 0.4) is 0 Å². The highest BCUT2D eigenvalue weighted by atomic mass is 32.2. The Balaban J connectivity index is 1.56. The molecule has 3 rings (SSSR count). The number of carbonyl (C=O) groups is 1. The largest absolute Gasteiger partial charge is 0.348 e. The summed E-state index contributed by atoms with van der Waals surface area (Å²) < 4.78 is 29.2. The van der Waals surface area contributed by atoms with E-state index in [-0.39, 0.29) is 16.8 Å². The normalized spacial score (nSPS) is 12.5. The summed E-state index contributed by atoms with van der Waals surface area (Å²) in [7, 11) is -3.58. The molecule has 8 heteroatoms. The van der Waals surface area contributed by atoms with Gasteiger partial charge >= 0.3 is 0 Å². The van der Waals surface area contributed by atoms with Gasteiger partial charge in [0, 0.05) is 37.1 Å². The van der Waals surface area contributed by atoms with Crippen LogP contribution in [0.15, 0.2) is 72.1 Å². The molecule has 1 heterocycles. The summed E-state index contributed by atoms with van der Waals surface area (Å²) in [4.78, 5) is 16.6. The van der Waals surface area contributed by atoms with Crippen LogP contribution in [0.1, 0.15) is 41.8 Å². The summed E-state index contributed by atoms with van der Waals surface area (Å²) in [5.41, 5.74) is 2.54. The van der Waals surface area contributed by atoms with Gasteiger partial charge in [0.2, 0.25) is 10.0 Å². The molecule has 0 bridgehead atoms. The van der Waals surface area contributed by atoms with Crippen LogP contribution in [0.25, 0.3) is 0 Å². The lowest BCUT2D eigenvalue weighted by atomic mass is 10.1. The molecule has 1 unspecified atom stereocenters. The Bertz CT molecular complexity index is 1060. The van der Waals surface area contributed by atoms with E-state index < -0.39 is 10.0 Å². The topological polar surface area (TPSA) is 93.1 Å². The second-order valence-electron chi connectivity index (χ2n) is 7.19. The second kappa shape index (κ2) is 9.69. The van der Waals surface area contributed by atoms with Crippen molar-refractivity contribution in [2.24, 2.45) is 0 Å². The molecule has 0 aliphatic heterocycles. The number of hydrogen-bond donors (Lipinski definition) is 2. The minimum absolute atomic E-state index is 0.146. The Morgan fingerprint density at radius 1 is 1.07 bits per heavy atom. The molecule has 7 nitrogen and oxygen atoms in total. The summed E-state index contributed by atoms with van der Waals surface area (Å²) in [6, 6.07) is 13.8. The van der Waals surface area contributed by atoms with Crippen LogP contribution in [-0.4, -0.2) is 29.9 Å². The number of aromatic nitrogens is 2. The molecule has 158 valence electrons. The zero-order valence-electron chi connectivity index (χ0n) is 17.1. The first-order valence-corrected chi connectivity index (χ1v) is 11.3. The van der Waals surface area contributed by atoms with E-state index in [0.29, 0.717) is 18.5 Å². The third-order valence-electron chi connectivity index (χ3n) is 4.80. The first-order chi connectivity index (χ1) is 14.4. The molecule has 1 amide bonds. The highest BCUT2D eigenvalue weighted by molar-refractivity contribution is 7.89. The molecule has 30 heavy (non-hydrogen) atoms. The van der Waals surface area contributed by atoms with Crippen molar-refractivity contribution in [3.05, 3.63) is 83.9 Å². The maximum Gasteiger partial charge on any atom is 0.251 e. The fourth-order valence-electron chi connectivity index (χ4n) is 2.84. The van der Waals surface area contributed by atoms with Crippen molar-refractivity contribution in [1.29, 1.82) is 0 Å². The number of nitrogens with one attached hydrogen (secondary N) is 2. The molecule has 1 atom stereocenters. The first-order valence-electron chi connectivity index (χ1n) is 9.81. The average Bonchev–Trinajstić information content (AvgIpc) is 3.26. The molecule has 0 fully saturated rings. The molecule has 0 saturated carbocycles. The third kappa shape index (κ3) is 5.77.